The van der Waals surface area contributed by atoms with Gasteiger partial charge in [0.05, 0.1) is 13.2 Å². The van der Waals surface area contributed by atoms with Crippen LogP contribution in [0, 0.1) is 22.7 Å². The molecule has 3 atom stereocenters. The second-order valence-corrected chi connectivity index (χ2v) is 7.06. The summed E-state index contributed by atoms with van der Waals surface area (Å²) < 4.78 is 7.06. The van der Waals surface area contributed by atoms with E-state index in [1.807, 2.05) is 35.9 Å². The molecule has 27 heavy (non-hydrogen) atoms. The molecule has 0 spiro atoms. The van der Waals surface area contributed by atoms with Crippen LogP contribution < -0.4 is 0 Å². The average Bonchev–Trinajstić information content (AvgIpc) is 3.36. The van der Waals surface area contributed by atoms with Gasteiger partial charge in [0.2, 0.25) is 0 Å². The number of fused-ring (bicyclic) bond motifs is 3. The number of carbonyl (C=O) groups excluding carboxylic acids is 2. The van der Waals surface area contributed by atoms with Gasteiger partial charge in [-0.25, -0.2) is 4.79 Å². The van der Waals surface area contributed by atoms with Gasteiger partial charge in [-0.1, -0.05) is 37.3 Å². The van der Waals surface area contributed by atoms with Crippen LogP contribution in [0.15, 0.2) is 59.8 Å². The van der Waals surface area contributed by atoms with Crippen molar-refractivity contribution in [1.29, 1.82) is 5.26 Å². The molecule has 0 saturated carbocycles. The number of aromatic nitrogens is 1. The number of nitrogens with zero attached hydrogens (tertiary/aromatic N) is 2. The summed E-state index contributed by atoms with van der Waals surface area (Å²) in [6.45, 7) is 2.43. The maximum Gasteiger partial charge on any atom is 0.334 e. The first-order valence-electron chi connectivity index (χ1n) is 9.07. The number of Topliss-reactive ketones (excluding diaryl/α,β-unsaturated/α-hetero) is 1. The lowest BCUT2D eigenvalue weighted by Gasteiger charge is -2.32. The molecule has 2 aliphatic rings. The van der Waals surface area contributed by atoms with Gasteiger partial charge >= 0.3 is 5.97 Å². The van der Waals surface area contributed by atoms with Gasteiger partial charge < -0.3 is 9.30 Å². The quantitative estimate of drug-likeness (QED) is 0.618. The molecule has 0 radical (unpaired) electrons. The van der Waals surface area contributed by atoms with Crippen LogP contribution in [0.25, 0.3) is 0 Å². The number of allylic oxidation sites excluding steroid dienone is 1. The Balaban J connectivity index is 1.97. The van der Waals surface area contributed by atoms with E-state index < -0.39 is 23.2 Å². The van der Waals surface area contributed by atoms with Crippen molar-refractivity contribution < 1.29 is 14.3 Å². The van der Waals surface area contributed by atoms with E-state index in [-0.39, 0.29) is 5.78 Å². The number of hydrogen-bond acceptors (Lipinski definition) is 4. The van der Waals surface area contributed by atoms with Crippen molar-refractivity contribution in [2.24, 2.45) is 11.3 Å². The summed E-state index contributed by atoms with van der Waals surface area (Å²) in [5, 5.41) is 10.4. The lowest BCUT2D eigenvalue weighted by Crippen LogP contribution is -2.40. The standard InChI is InChI=1S/C22H20N2O3/c1-3-16-18(21(26)27-2)15-12-24-11-7-10-17(24)19(15)22(16,13-23)20(25)14-8-5-4-6-9-14/h4-11,16,19H,3,12H2,1-2H3/t16?,19-,22+/m0/s1. The zero-order valence-electron chi connectivity index (χ0n) is 15.3. The normalized spacial score (nSPS) is 25.7. The summed E-state index contributed by atoms with van der Waals surface area (Å²) in [4.78, 5) is 26.3. The lowest BCUT2D eigenvalue weighted by molar-refractivity contribution is -0.136. The molecule has 2 heterocycles. The van der Waals surface area contributed by atoms with Crippen molar-refractivity contribution in [3.05, 3.63) is 71.1 Å². The first-order chi connectivity index (χ1) is 13.1. The second-order valence-electron chi connectivity index (χ2n) is 7.06. The van der Waals surface area contributed by atoms with Gasteiger partial charge in [-0.05, 0) is 24.1 Å². The minimum absolute atomic E-state index is 0.228. The molecule has 1 aliphatic heterocycles. The Morgan fingerprint density at radius 3 is 2.63 bits per heavy atom. The number of benzene rings is 1. The maximum absolute atomic E-state index is 13.7. The number of carbonyl (C=O) groups is 2. The third kappa shape index (κ3) is 2.16. The molecule has 5 nitrogen and oxygen atoms in total. The number of esters is 1. The van der Waals surface area contributed by atoms with E-state index in [1.54, 1.807) is 24.3 Å². The van der Waals surface area contributed by atoms with Crippen molar-refractivity contribution in [2.45, 2.75) is 25.8 Å². The van der Waals surface area contributed by atoms with Crippen molar-refractivity contribution >= 4 is 11.8 Å². The third-order valence-corrected chi connectivity index (χ3v) is 5.96. The number of methoxy groups -OCH3 is 1. The fourth-order valence-corrected chi connectivity index (χ4v) is 4.91. The Labute approximate surface area is 157 Å². The topological polar surface area (TPSA) is 72.1 Å². The molecular weight excluding hydrogens is 340 g/mol. The van der Waals surface area contributed by atoms with E-state index in [2.05, 4.69) is 6.07 Å². The summed E-state index contributed by atoms with van der Waals surface area (Å²) in [5.41, 5.74) is 1.40. The van der Waals surface area contributed by atoms with Crippen molar-refractivity contribution in [2.75, 3.05) is 7.11 Å². The first-order valence-corrected chi connectivity index (χ1v) is 9.07. The zero-order chi connectivity index (χ0) is 19.2. The Kier molecular flexibility index (Phi) is 4.00. The number of nitriles is 1. The van der Waals surface area contributed by atoms with Gasteiger partial charge in [-0.3, -0.25) is 4.79 Å². The summed E-state index contributed by atoms with van der Waals surface area (Å²) >= 11 is 0. The highest BCUT2D eigenvalue weighted by Crippen LogP contribution is 2.61. The molecule has 0 fully saturated rings. The molecular formula is C22H20N2O3. The molecule has 1 aromatic carbocycles. The monoisotopic (exact) mass is 360 g/mol. The molecule has 136 valence electrons. The van der Waals surface area contributed by atoms with Gasteiger partial charge in [-0.15, -0.1) is 0 Å². The number of ketones is 1. The zero-order valence-corrected chi connectivity index (χ0v) is 15.3. The molecule has 0 bridgehead atoms. The van der Waals surface area contributed by atoms with Gasteiger partial charge in [0.15, 0.2) is 5.78 Å². The smallest absolute Gasteiger partial charge is 0.334 e. The van der Waals surface area contributed by atoms with Crippen LogP contribution in [-0.4, -0.2) is 23.4 Å². The summed E-state index contributed by atoms with van der Waals surface area (Å²) in [7, 11) is 1.35. The predicted octanol–water partition coefficient (Wildman–Crippen LogP) is 3.49. The fourth-order valence-electron chi connectivity index (χ4n) is 4.91. The Hall–Kier alpha value is -3.13. The van der Waals surface area contributed by atoms with Gasteiger partial charge in [-0.2, -0.15) is 5.26 Å². The van der Waals surface area contributed by atoms with Crippen LogP contribution in [-0.2, 0) is 16.1 Å². The maximum atomic E-state index is 13.7. The summed E-state index contributed by atoms with van der Waals surface area (Å²) in [6.07, 6.45) is 2.43. The molecule has 2 aromatic rings. The minimum Gasteiger partial charge on any atom is -0.466 e. The number of rotatable bonds is 4. The van der Waals surface area contributed by atoms with Gasteiger partial charge in [0.1, 0.15) is 5.41 Å². The van der Waals surface area contributed by atoms with Crippen LogP contribution in [0.4, 0.5) is 0 Å². The van der Waals surface area contributed by atoms with Crippen LogP contribution >= 0.6 is 0 Å². The molecule has 1 unspecified atom stereocenters. The molecule has 4 rings (SSSR count). The minimum atomic E-state index is -1.35. The largest absolute Gasteiger partial charge is 0.466 e. The van der Waals surface area contributed by atoms with Crippen molar-refractivity contribution in [3.63, 3.8) is 0 Å². The van der Waals surface area contributed by atoms with E-state index in [9.17, 15) is 14.9 Å². The first kappa shape index (κ1) is 17.3. The van der Waals surface area contributed by atoms with E-state index >= 15 is 0 Å². The van der Waals surface area contributed by atoms with Crippen LogP contribution in [0.2, 0.25) is 0 Å². The predicted molar refractivity (Wildman–Crippen MR) is 98.8 cm³/mol. The molecule has 1 aromatic heterocycles. The van der Waals surface area contributed by atoms with Crippen LogP contribution in [0.3, 0.4) is 0 Å². The molecule has 0 saturated heterocycles. The van der Waals surface area contributed by atoms with Crippen LogP contribution in [0.1, 0.15) is 35.3 Å². The Bertz CT molecular complexity index is 996. The summed E-state index contributed by atoms with van der Waals surface area (Å²) in [5.74, 6) is -1.59. The molecule has 5 heteroatoms. The highest BCUT2D eigenvalue weighted by molar-refractivity contribution is 6.07. The van der Waals surface area contributed by atoms with Crippen molar-refractivity contribution in [3.8, 4) is 6.07 Å². The Morgan fingerprint density at radius 1 is 1.26 bits per heavy atom. The van der Waals surface area contributed by atoms with Gasteiger partial charge in [0.25, 0.3) is 0 Å². The van der Waals surface area contributed by atoms with Crippen LogP contribution in [0.5, 0.6) is 0 Å². The fraction of sp³-hybridized carbons (Fsp3) is 0.318. The van der Waals surface area contributed by atoms with Gasteiger partial charge in [0, 0.05) is 41.4 Å². The van der Waals surface area contributed by atoms with E-state index in [0.717, 1.165) is 11.3 Å². The van der Waals surface area contributed by atoms with E-state index in [1.165, 1.54) is 7.11 Å². The molecule has 0 amide bonds. The highest BCUT2D eigenvalue weighted by Gasteiger charge is 2.63. The average molecular weight is 360 g/mol. The SMILES string of the molecule is CCC1C(C(=O)OC)=C2Cn3cccc3[C@H]2[C@]1(C#N)C(=O)c1ccccc1. The molecule has 0 N–H and O–H groups in total. The molecule has 1 aliphatic carbocycles. The number of hydrogen-bond donors (Lipinski definition) is 0. The van der Waals surface area contributed by atoms with E-state index in [0.29, 0.717) is 24.1 Å². The highest BCUT2D eigenvalue weighted by atomic mass is 16.5. The third-order valence-electron chi connectivity index (χ3n) is 5.96. The van der Waals surface area contributed by atoms with Crippen molar-refractivity contribution in [1.82, 2.24) is 4.57 Å². The number of ether oxygens (including phenoxy) is 1. The van der Waals surface area contributed by atoms with E-state index in [4.69, 9.17) is 4.74 Å². The Morgan fingerprint density at radius 2 is 2.00 bits per heavy atom. The lowest BCUT2D eigenvalue weighted by atomic mass is 9.64. The second kappa shape index (κ2) is 6.24. The summed E-state index contributed by atoms with van der Waals surface area (Å²) in [6, 6.07) is 15.1.